The summed E-state index contributed by atoms with van der Waals surface area (Å²) in [5.41, 5.74) is 3.81. The van der Waals surface area contributed by atoms with Crippen molar-refractivity contribution in [3.8, 4) is 0 Å². The van der Waals surface area contributed by atoms with Crippen molar-refractivity contribution in [1.82, 2.24) is 5.32 Å². The number of hydrogen-bond acceptors (Lipinski definition) is 2. The molecule has 2 saturated heterocycles. The fourth-order valence-electron chi connectivity index (χ4n) is 4.95. The standard InChI is InChI=1S/C20H21NO/c22-20(14-10-15-7-8-16(11-14)21-15)18-9-6-13-5-4-12-2-1-3-17(18)19(12)13/h1-3,6,9,14-16,21H,4-5,7-8,10-11H2. The summed E-state index contributed by atoms with van der Waals surface area (Å²) < 4.78 is 0. The van der Waals surface area contributed by atoms with Gasteiger partial charge in [0.25, 0.3) is 0 Å². The Hall–Kier alpha value is -1.67. The lowest BCUT2D eigenvalue weighted by molar-refractivity contribution is 0.0877. The molecule has 2 unspecified atom stereocenters. The van der Waals surface area contributed by atoms with Gasteiger partial charge in [-0.15, -0.1) is 0 Å². The van der Waals surface area contributed by atoms with E-state index in [1.165, 1.54) is 34.7 Å². The van der Waals surface area contributed by atoms with Crippen LogP contribution >= 0.6 is 0 Å². The van der Waals surface area contributed by atoms with E-state index in [0.717, 1.165) is 31.2 Å². The van der Waals surface area contributed by atoms with Crippen molar-refractivity contribution in [2.24, 2.45) is 5.92 Å². The maximum Gasteiger partial charge on any atom is 0.166 e. The molecule has 3 aliphatic rings. The first-order valence-electron chi connectivity index (χ1n) is 8.63. The van der Waals surface area contributed by atoms with Crippen LogP contribution in [0.4, 0.5) is 0 Å². The van der Waals surface area contributed by atoms with Gasteiger partial charge in [0.1, 0.15) is 0 Å². The molecule has 2 heterocycles. The minimum atomic E-state index is 0.220. The van der Waals surface area contributed by atoms with Gasteiger partial charge in [0.05, 0.1) is 0 Å². The van der Waals surface area contributed by atoms with Crippen LogP contribution < -0.4 is 5.32 Å². The molecule has 5 rings (SSSR count). The maximum atomic E-state index is 13.1. The molecule has 1 N–H and O–H groups in total. The molecule has 2 aromatic rings. The number of piperidine rings is 1. The Morgan fingerprint density at radius 2 is 1.68 bits per heavy atom. The third kappa shape index (κ3) is 1.80. The Balaban J connectivity index is 1.58. The van der Waals surface area contributed by atoms with Crippen molar-refractivity contribution in [2.45, 2.75) is 50.6 Å². The molecule has 2 aliphatic heterocycles. The Bertz CT molecular complexity index is 756. The lowest BCUT2D eigenvalue weighted by Crippen LogP contribution is -2.40. The molecule has 2 atom stereocenters. The Kier molecular flexibility index (Phi) is 2.72. The molecular weight excluding hydrogens is 270 g/mol. The predicted octanol–water partition coefficient (Wildman–Crippen LogP) is 3.65. The lowest BCUT2D eigenvalue weighted by Gasteiger charge is -2.28. The van der Waals surface area contributed by atoms with E-state index in [2.05, 4.69) is 35.6 Å². The molecule has 2 heteroatoms. The second-order valence-corrected chi connectivity index (χ2v) is 7.28. The number of aryl methyl sites for hydroxylation is 2. The largest absolute Gasteiger partial charge is 0.311 e. The quantitative estimate of drug-likeness (QED) is 0.856. The van der Waals surface area contributed by atoms with Gasteiger partial charge in [-0.05, 0) is 60.4 Å². The molecule has 22 heavy (non-hydrogen) atoms. The number of Topliss-reactive ketones (excluding diaryl/α,β-unsaturated/α-hetero) is 1. The SMILES string of the molecule is O=C(c1ccc2c3c(cccc13)CC2)C1CC2CCC(C1)N2. The van der Waals surface area contributed by atoms with Gasteiger partial charge in [0, 0.05) is 23.6 Å². The van der Waals surface area contributed by atoms with Gasteiger partial charge in [-0.1, -0.05) is 30.3 Å². The highest BCUT2D eigenvalue weighted by molar-refractivity contribution is 6.11. The van der Waals surface area contributed by atoms with Crippen LogP contribution in [0.3, 0.4) is 0 Å². The van der Waals surface area contributed by atoms with Crippen LogP contribution in [0.15, 0.2) is 30.3 Å². The van der Waals surface area contributed by atoms with E-state index < -0.39 is 0 Å². The van der Waals surface area contributed by atoms with Crippen LogP contribution in [-0.2, 0) is 12.8 Å². The van der Waals surface area contributed by atoms with E-state index in [1.807, 2.05) is 0 Å². The first-order valence-corrected chi connectivity index (χ1v) is 8.63. The van der Waals surface area contributed by atoms with Crippen LogP contribution in [0, 0.1) is 5.92 Å². The third-order valence-electron chi connectivity index (χ3n) is 5.99. The molecule has 0 saturated carbocycles. The van der Waals surface area contributed by atoms with Gasteiger partial charge in [-0.25, -0.2) is 0 Å². The summed E-state index contributed by atoms with van der Waals surface area (Å²) in [4.78, 5) is 13.1. The van der Waals surface area contributed by atoms with Gasteiger partial charge < -0.3 is 5.32 Å². The number of hydrogen-bond donors (Lipinski definition) is 1. The predicted molar refractivity (Wildman–Crippen MR) is 88.4 cm³/mol. The maximum absolute atomic E-state index is 13.1. The van der Waals surface area contributed by atoms with Crippen LogP contribution in [0.5, 0.6) is 0 Å². The number of fused-ring (bicyclic) bond motifs is 2. The zero-order chi connectivity index (χ0) is 14.7. The van der Waals surface area contributed by atoms with Gasteiger partial charge >= 0.3 is 0 Å². The topological polar surface area (TPSA) is 29.1 Å². The van der Waals surface area contributed by atoms with E-state index >= 15 is 0 Å². The van der Waals surface area contributed by atoms with Gasteiger partial charge in [-0.3, -0.25) is 4.79 Å². The number of carbonyl (C=O) groups is 1. The lowest BCUT2D eigenvalue weighted by atomic mass is 9.84. The minimum Gasteiger partial charge on any atom is -0.311 e. The van der Waals surface area contributed by atoms with Crippen molar-refractivity contribution >= 4 is 16.6 Å². The second kappa shape index (κ2) is 4.66. The zero-order valence-corrected chi connectivity index (χ0v) is 12.8. The molecule has 2 fully saturated rings. The molecule has 112 valence electrons. The van der Waals surface area contributed by atoms with E-state index in [9.17, 15) is 4.79 Å². The smallest absolute Gasteiger partial charge is 0.166 e. The highest BCUT2D eigenvalue weighted by atomic mass is 16.1. The number of carbonyl (C=O) groups excluding carboxylic acids is 1. The molecule has 0 radical (unpaired) electrons. The molecule has 0 aromatic heterocycles. The Labute approximate surface area is 130 Å². The average molecular weight is 291 g/mol. The summed E-state index contributed by atoms with van der Waals surface area (Å²) in [5, 5.41) is 6.20. The summed E-state index contributed by atoms with van der Waals surface area (Å²) in [6.45, 7) is 0. The van der Waals surface area contributed by atoms with Crippen molar-refractivity contribution in [3.63, 3.8) is 0 Å². The molecule has 0 amide bonds. The average Bonchev–Trinajstić information content (AvgIpc) is 3.12. The van der Waals surface area contributed by atoms with E-state index in [0.29, 0.717) is 17.9 Å². The number of rotatable bonds is 2. The van der Waals surface area contributed by atoms with Crippen molar-refractivity contribution in [1.29, 1.82) is 0 Å². The molecule has 2 aromatic carbocycles. The summed E-state index contributed by atoms with van der Waals surface area (Å²) in [6.07, 6.45) is 6.80. The van der Waals surface area contributed by atoms with Gasteiger partial charge in [-0.2, -0.15) is 0 Å². The molecule has 2 bridgehead atoms. The Morgan fingerprint density at radius 1 is 0.955 bits per heavy atom. The second-order valence-electron chi connectivity index (χ2n) is 7.28. The summed E-state index contributed by atoms with van der Waals surface area (Å²) in [6, 6.07) is 11.9. The van der Waals surface area contributed by atoms with E-state index in [4.69, 9.17) is 0 Å². The van der Waals surface area contributed by atoms with E-state index in [-0.39, 0.29) is 5.92 Å². The van der Waals surface area contributed by atoms with Crippen molar-refractivity contribution in [3.05, 3.63) is 47.0 Å². The first kappa shape index (κ1) is 12.8. The molecule has 0 spiro atoms. The summed E-state index contributed by atoms with van der Waals surface area (Å²) >= 11 is 0. The summed E-state index contributed by atoms with van der Waals surface area (Å²) in [5.74, 6) is 0.603. The van der Waals surface area contributed by atoms with Crippen LogP contribution in [0.2, 0.25) is 0 Å². The van der Waals surface area contributed by atoms with Gasteiger partial charge in [0.15, 0.2) is 5.78 Å². The fraction of sp³-hybridized carbons (Fsp3) is 0.450. The number of ketones is 1. The molecule has 2 nitrogen and oxygen atoms in total. The van der Waals surface area contributed by atoms with Crippen LogP contribution in [0.1, 0.15) is 47.2 Å². The summed E-state index contributed by atoms with van der Waals surface area (Å²) in [7, 11) is 0. The van der Waals surface area contributed by atoms with Crippen LogP contribution in [0.25, 0.3) is 10.8 Å². The van der Waals surface area contributed by atoms with Crippen LogP contribution in [-0.4, -0.2) is 17.9 Å². The third-order valence-corrected chi connectivity index (χ3v) is 5.99. The normalized spacial score (nSPS) is 29.2. The molecular formula is C20H21NO. The number of nitrogens with one attached hydrogen (secondary N) is 1. The fourth-order valence-corrected chi connectivity index (χ4v) is 4.95. The zero-order valence-electron chi connectivity index (χ0n) is 12.8. The van der Waals surface area contributed by atoms with Crippen molar-refractivity contribution < 1.29 is 4.79 Å². The van der Waals surface area contributed by atoms with E-state index in [1.54, 1.807) is 0 Å². The Morgan fingerprint density at radius 3 is 2.45 bits per heavy atom. The monoisotopic (exact) mass is 291 g/mol. The first-order chi connectivity index (χ1) is 10.8. The highest BCUT2D eigenvalue weighted by Crippen LogP contribution is 2.37. The molecule has 1 aliphatic carbocycles. The van der Waals surface area contributed by atoms with Gasteiger partial charge in [0.2, 0.25) is 0 Å². The minimum absolute atomic E-state index is 0.220. The van der Waals surface area contributed by atoms with Crippen molar-refractivity contribution in [2.75, 3.05) is 0 Å². The number of benzene rings is 2. The highest BCUT2D eigenvalue weighted by Gasteiger charge is 2.37.